The van der Waals surface area contributed by atoms with Crippen LogP contribution in [0.15, 0.2) is 35.7 Å². The highest BCUT2D eigenvalue weighted by Crippen LogP contribution is 2.36. The molecule has 27 heavy (non-hydrogen) atoms. The average Bonchev–Trinajstić information content (AvgIpc) is 3.10. The molecular formula is C22H28ClNO2S. The smallest absolute Gasteiger partial charge is 0.309 e. The second-order valence-corrected chi connectivity index (χ2v) is 9.47. The zero-order valence-electron chi connectivity index (χ0n) is 16.1. The van der Waals surface area contributed by atoms with E-state index in [4.69, 9.17) is 11.6 Å². The number of hydrogen-bond acceptors (Lipinski definition) is 3. The molecule has 0 aliphatic carbocycles. The molecule has 1 N–H and O–H groups in total. The molecule has 1 aliphatic heterocycles. The number of thiophene rings is 1. The molecule has 0 amide bonds. The van der Waals surface area contributed by atoms with Crippen LogP contribution < -0.4 is 0 Å². The summed E-state index contributed by atoms with van der Waals surface area (Å²) in [5, 5.41) is 12.3. The first-order valence-corrected chi connectivity index (χ1v) is 10.9. The molecule has 2 heterocycles. The summed E-state index contributed by atoms with van der Waals surface area (Å²) in [6.07, 6.45) is 4.71. The van der Waals surface area contributed by atoms with Crippen molar-refractivity contribution in [3.05, 3.63) is 56.7 Å². The van der Waals surface area contributed by atoms with Gasteiger partial charge in [-0.15, -0.1) is 11.3 Å². The average molecular weight is 406 g/mol. The summed E-state index contributed by atoms with van der Waals surface area (Å²) < 4.78 is 0. The number of halogens is 1. The molecule has 0 fully saturated rings. The zero-order chi connectivity index (χ0) is 19.4. The van der Waals surface area contributed by atoms with Crippen molar-refractivity contribution in [2.24, 2.45) is 5.41 Å². The van der Waals surface area contributed by atoms with Crippen molar-refractivity contribution in [2.45, 2.75) is 58.5 Å². The number of aliphatic carboxylic acids is 1. The second kappa shape index (κ2) is 8.76. The lowest BCUT2D eigenvalue weighted by Gasteiger charge is -2.35. The summed E-state index contributed by atoms with van der Waals surface area (Å²) in [7, 11) is 0. The maximum Gasteiger partial charge on any atom is 0.309 e. The summed E-state index contributed by atoms with van der Waals surface area (Å²) in [4.78, 5) is 15.4. The highest BCUT2D eigenvalue weighted by molar-refractivity contribution is 7.10. The molecule has 5 heteroatoms. The number of nitrogens with zero attached hydrogens (tertiary/aromatic N) is 1. The van der Waals surface area contributed by atoms with Gasteiger partial charge in [-0.05, 0) is 61.7 Å². The minimum Gasteiger partial charge on any atom is -0.481 e. The number of carboxylic acid groups (broad SMARTS) is 1. The largest absolute Gasteiger partial charge is 0.481 e. The molecule has 1 aliphatic rings. The Bertz CT molecular complexity index is 786. The Morgan fingerprint density at radius 2 is 2.07 bits per heavy atom. The summed E-state index contributed by atoms with van der Waals surface area (Å²) in [6, 6.07) is 10.7. The molecule has 1 unspecified atom stereocenters. The van der Waals surface area contributed by atoms with Crippen LogP contribution in [0.3, 0.4) is 0 Å². The minimum absolute atomic E-state index is 0.277. The van der Waals surface area contributed by atoms with Crippen molar-refractivity contribution < 1.29 is 9.90 Å². The first-order valence-electron chi connectivity index (χ1n) is 9.65. The maximum absolute atomic E-state index is 11.3. The molecule has 0 radical (unpaired) electrons. The highest BCUT2D eigenvalue weighted by atomic mass is 35.5. The predicted octanol–water partition coefficient (Wildman–Crippen LogP) is 6.17. The Hall–Kier alpha value is -1.36. The number of carboxylic acids is 1. The Morgan fingerprint density at radius 1 is 1.30 bits per heavy atom. The van der Waals surface area contributed by atoms with Crippen molar-refractivity contribution in [1.29, 1.82) is 0 Å². The van der Waals surface area contributed by atoms with E-state index in [0.717, 1.165) is 43.8 Å². The SMILES string of the molecule is CC(C)(CCCCC(c1ccccc1Cl)N1CCc2sccc2C1)C(=O)O. The van der Waals surface area contributed by atoms with E-state index in [2.05, 4.69) is 28.5 Å². The number of carbonyl (C=O) groups is 1. The Kier molecular flexibility index (Phi) is 6.61. The van der Waals surface area contributed by atoms with Crippen LogP contribution in [-0.2, 0) is 17.8 Å². The first kappa shape index (κ1) is 20.4. The van der Waals surface area contributed by atoms with E-state index in [1.807, 2.05) is 37.3 Å². The van der Waals surface area contributed by atoms with E-state index in [-0.39, 0.29) is 6.04 Å². The number of fused-ring (bicyclic) bond motifs is 1. The van der Waals surface area contributed by atoms with E-state index in [1.165, 1.54) is 16.0 Å². The van der Waals surface area contributed by atoms with Gasteiger partial charge < -0.3 is 5.11 Å². The number of benzene rings is 1. The molecule has 146 valence electrons. The summed E-state index contributed by atoms with van der Waals surface area (Å²) in [6.45, 7) is 5.63. The summed E-state index contributed by atoms with van der Waals surface area (Å²) in [5.74, 6) is -0.717. The molecule has 1 aromatic heterocycles. The number of rotatable bonds is 8. The predicted molar refractivity (Wildman–Crippen MR) is 113 cm³/mol. The lowest BCUT2D eigenvalue weighted by molar-refractivity contribution is -0.147. The topological polar surface area (TPSA) is 40.5 Å². The third-order valence-electron chi connectivity index (χ3n) is 5.65. The fraction of sp³-hybridized carbons (Fsp3) is 0.500. The van der Waals surface area contributed by atoms with Gasteiger partial charge in [-0.1, -0.05) is 42.6 Å². The van der Waals surface area contributed by atoms with Crippen LogP contribution in [-0.4, -0.2) is 22.5 Å². The third kappa shape index (κ3) is 4.92. The van der Waals surface area contributed by atoms with Crippen LogP contribution in [0.5, 0.6) is 0 Å². The van der Waals surface area contributed by atoms with Gasteiger partial charge in [-0.3, -0.25) is 9.69 Å². The van der Waals surface area contributed by atoms with E-state index in [9.17, 15) is 9.90 Å². The van der Waals surface area contributed by atoms with Gasteiger partial charge in [0.2, 0.25) is 0 Å². The van der Waals surface area contributed by atoms with Crippen LogP contribution in [0.4, 0.5) is 0 Å². The Morgan fingerprint density at radius 3 is 2.81 bits per heavy atom. The maximum atomic E-state index is 11.3. The van der Waals surface area contributed by atoms with Gasteiger partial charge in [-0.2, -0.15) is 0 Å². The van der Waals surface area contributed by atoms with Gasteiger partial charge in [0.15, 0.2) is 0 Å². The quantitative estimate of drug-likeness (QED) is 0.533. The van der Waals surface area contributed by atoms with Crippen molar-refractivity contribution in [3.63, 3.8) is 0 Å². The Labute approximate surface area is 171 Å². The molecule has 0 bridgehead atoms. The van der Waals surface area contributed by atoms with Gasteiger partial charge in [0.1, 0.15) is 0 Å². The van der Waals surface area contributed by atoms with Crippen molar-refractivity contribution in [3.8, 4) is 0 Å². The van der Waals surface area contributed by atoms with Gasteiger partial charge in [0.25, 0.3) is 0 Å². The lowest BCUT2D eigenvalue weighted by Crippen LogP contribution is -2.33. The van der Waals surface area contributed by atoms with Crippen molar-refractivity contribution >= 4 is 28.9 Å². The molecule has 1 atom stereocenters. The van der Waals surface area contributed by atoms with Crippen LogP contribution in [0.1, 0.15) is 61.6 Å². The van der Waals surface area contributed by atoms with E-state index in [0.29, 0.717) is 6.42 Å². The summed E-state index contributed by atoms with van der Waals surface area (Å²) >= 11 is 8.40. The Balaban J connectivity index is 1.70. The zero-order valence-corrected chi connectivity index (χ0v) is 17.7. The molecule has 3 rings (SSSR count). The molecule has 3 nitrogen and oxygen atoms in total. The molecule has 0 saturated heterocycles. The summed E-state index contributed by atoms with van der Waals surface area (Å²) in [5.41, 5.74) is 1.97. The highest BCUT2D eigenvalue weighted by Gasteiger charge is 2.28. The molecule has 1 aromatic carbocycles. The van der Waals surface area contributed by atoms with E-state index >= 15 is 0 Å². The van der Waals surface area contributed by atoms with Crippen LogP contribution in [0.2, 0.25) is 5.02 Å². The monoisotopic (exact) mass is 405 g/mol. The fourth-order valence-electron chi connectivity index (χ4n) is 3.83. The van der Waals surface area contributed by atoms with Gasteiger partial charge in [0, 0.05) is 29.0 Å². The van der Waals surface area contributed by atoms with E-state index in [1.54, 1.807) is 0 Å². The van der Waals surface area contributed by atoms with Crippen LogP contribution in [0.25, 0.3) is 0 Å². The van der Waals surface area contributed by atoms with E-state index < -0.39 is 11.4 Å². The van der Waals surface area contributed by atoms with Crippen LogP contribution in [0, 0.1) is 5.41 Å². The van der Waals surface area contributed by atoms with Gasteiger partial charge in [0.05, 0.1) is 5.41 Å². The van der Waals surface area contributed by atoms with Crippen molar-refractivity contribution in [1.82, 2.24) is 4.90 Å². The van der Waals surface area contributed by atoms with Gasteiger partial charge in [-0.25, -0.2) is 0 Å². The third-order valence-corrected chi connectivity index (χ3v) is 7.02. The number of hydrogen-bond donors (Lipinski definition) is 1. The van der Waals surface area contributed by atoms with Crippen molar-refractivity contribution in [2.75, 3.05) is 6.54 Å². The van der Waals surface area contributed by atoms with Crippen LogP contribution >= 0.6 is 22.9 Å². The first-order chi connectivity index (χ1) is 12.9. The standard InChI is InChI=1S/C22H28ClNO2S/c1-22(2,21(25)26)12-6-5-9-19(17-7-3-4-8-18(17)23)24-13-10-20-16(15-24)11-14-27-20/h3-4,7-8,11,14,19H,5-6,9-10,12-13,15H2,1-2H3,(H,25,26). The minimum atomic E-state index is -0.717. The molecule has 0 spiro atoms. The number of unbranched alkanes of at least 4 members (excludes halogenated alkanes) is 1. The molecule has 2 aromatic rings. The lowest BCUT2D eigenvalue weighted by atomic mass is 9.86. The fourth-order valence-corrected chi connectivity index (χ4v) is 4.98. The normalized spacial score (nSPS) is 16.1. The second-order valence-electron chi connectivity index (χ2n) is 8.06. The molecular weight excluding hydrogens is 378 g/mol. The molecule has 0 saturated carbocycles. The van der Waals surface area contributed by atoms with Gasteiger partial charge >= 0.3 is 5.97 Å².